The number of thiazole rings is 1. The van der Waals surface area contributed by atoms with Gasteiger partial charge in [-0.05, 0) is 62.9 Å². The first kappa shape index (κ1) is 25.3. The number of nitrogens with zero attached hydrogens (tertiary/aromatic N) is 4. The van der Waals surface area contributed by atoms with E-state index in [0.29, 0.717) is 40.2 Å². The summed E-state index contributed by atoms with van der Waals surface area (Å²) in [5.74, 6) is 1.13. The van der Waals surface area contributed by atoms with Gasteiger partial charge in [-0.2, -0.15) is 0 Å². The zero-order valence-electron chi connectivity index (χ0n) is 21.5. The summed E-state index contributed by atoms with van der Waals surface area (Å²) < 4.78 is 12.1. The van der Waals surface area contributed by atoms with Gasteiger partial charge in [0.15, 0.2) is 5.13 Å². The van der Waals surface area contributed by atoms with Gasteiger partial charge in [-0.25, -0.2) is 9.78 Å². The van der Waals surface area contributed by atoms with Crippen molar-refractivity contribution in [2.45, 2.75) is 57.2 Å². The highest BCUT2D eigenvalue weighted by Gasteiger charge is 2.42. The molecule has 4 heterocycles. The van der Waals surface area contributed by atoms with Crippen LogP contribution in [0.3, 0.4) is 0 Å². The van der Waals surface area contributed by atoms with Crippen LogP contribution in [0.1, 0.15) is 60.2 Å². The number of ether oxygens (including phenoxy) is 1. The topological polar surface area (TPSA) is 71.7 Å². The Morgan fingerprint density at radius 2 is 1.85 bits per heavy atom. The van der Waals surface area contributed by atoms with Crippen molar-refractivity contribution in [3.8, 4) is 11.3 Å². The number of carbonyl (C=O) groups excluding carboxylic acids is 1. The maximum absolute atomic E-state index is 12.2. The van der Waals surface area contributed by atoms with E-state index in [-0.39, 0.29) is 5.97 Å². The van der Waals surface area contributed by atoms with E-state index >= 15 is 0 Å². The predicted molar refractivity (Wildman–Crippen MR) is 154 cm³/mol. The molecule has 1 aliphatic carbocycles. The molecule has 2 aliphatic heterocycles. The molecule has 1 saturated carbocycles. The molecule has 2 atom stereocenters. The van der Waals surface area contributed by atoms with Crippen molar-refractivity contribution in [2.24, 2.45) is 0 Å². The summed E-state index contributed by atoms with van der Waals surface area (Å²) in [6.45, 7) is 4.81. The van der Waals surface area contributed by atoms with Gasteiger partial charge in [-0.3, -0.25) is 4.90 Å². The third-order valence-corrected chi connectivity index (χ3v) is 9.68. The van der Waals surface area contributed by atoms with Crippen molar-refractivity contribution < 1.29 is 14.1 Å². The normalized spacial score (nSPS) is 21.2. The predicted octanol–water partition coefficient (Wildman–Crippen LogP) is 7.17. The van der Waals surface area contributed by atoms with Crippen molar-refractivity contribution in [2.75, 3.05) is 24.6 Å². The zero-order valence-corrected chi connectivity index (χ0v) is 23.9. The highest BCUT2D eigenvalue weighted by atomic mass is 35.5. The lowest BCUT2D eigenvalue weighted by molar-refractivity contribution is 0.0526. The van der Waals surface area contributed by atoms with Gasteiger partial charge in [0.2, 0.25) is 0 Å². The van der Waals surface area contributed by atoms with Crippen molar-refractivity contribution in [3.05, 3.63) is 63.3 Å². The Bertz CT molecular complexity index is 1530. The average molecular weight is 584 g/mol. The molecule has 2 aromatic carbocycles. The number of benzene rings is 2. The Hall–Kier alpha value is -2.65. The van der Waals surface area contributed by atoms with Gasteiger partial charge in [0.05, 0.1) is 32.4 Å². The van der Waals surface area contributed by atoms with Crippen LogP contribution in [0.15, 0.2) is 40.9 Å². The summed E-state index contributed by atoms with van der Waals surface area (Å²) in [5.41, 5.74) is 4.13. The number of fused-ring (bicyclic) bond motifs is 3. The Morgan fingerprint density at radius 1 is 1.10 bits per heavy atom. The number of halogens is 2. The molecule has 2 saturated heterocycles. The van der Waals surface area contributed by atoms with Crippen LogP contribution in [0, 0.1) is 0 Å². The van der Waals surface area contributed by atoms with Crippen LogP contribution in [0.5, 0.6) is 0 Å². The van der Waals surface area contributed by atoms with Crippen LogP contribution in [0.2, 0.25) is 10.0 Å². The molecule has 0 amide bonds. The molecule has 4 aromatic rings. The fraction of sp³-hybridized carbons (Fsp3) is 0.414. The minimum atomic E-state index is -0.292. The van der Waals surface area contributed by atoms with Gasteiger partial charge in [0.25, 0.3) is 0 Å². The first-order chi connectivity index (χ1) is 19.0. The summed E-state index contributed by atoms with van der Waals surface area (Å²) >= 11 is 14.8. The summed E-state index contributed by atoms with van der Waals surface area (Å²) in [6.07, 6.45) is 4.53. The van der Waals surface area contributed by atoms with E-state index in [0.717, 1.165) is 83.2 Å². The second-order valence-corrected chi connectivity index (χ2v) is 12.5. The molecule has 10 heteroatoms. The smallest absolute Gasteiger partial charge is 0.338 e. The summed E-state index contributed by atoms with van der Waals surface area (Å²) in [7, 11) is 0. The number of esters is 1. The third-order valence-electron chi connectivity index (χ3n) is 8.01. The van der Waals surface area contributed by atoms with E-state index in [2.05, 4.69) is 15.0 Å². The number of likely N-dealkylation sites (tertiary alicyclic amines) is 1. The molecule has 7 nitrogen and oxygen atoms in total. The minimum Gasteiger partial charge on any atom is -0.462 e. The average Bonchev–Trinajstić information content (AvgIpc) is 3.45. The summed E-state index contributed by atoms with van der Waals surface area (Å²) in [5, 5.41) is 6.70. The molecule has 39 heavy (non-hydrogen) atoms. The Labute approximate surface area is 240 Å². The van der Waals surface area contributed by atoms with E-state index in [9.17, 15) is 4.79 Å². The van der Waals surface area contributed by atoms with Crippen LogP contribution in [-0.2, 0) is 11.3 Å². The molecule has 7 rings (SSSR count). The maximum Gasteiger partial charge on any atom is 0.338 e. The van der Waals surface area contributed by atoms with E-state index in [1.165, 1.54) is 0 Å². The Morgan fingerprint density at radius 3 is 2.54 bits per heavy atom. The molecule has 202 valence electrons. The van der Waals surface area contributed by atoms with Crippen molar-refractivity contribution >= 4 is 55.9 Å². The molecule has 0 spiro atoms. The zero-order chi connectivity index (χ0) is 26.7. The lowest BCUT2D eigenvalue weighted by Crippen LogP contribution is -2.53. The van der Waals surface area contributed by atoms with Gasteiger partial charge < -0.3 is 14.2 Å². The van der Waals surface area contributed by atoms with Crippen molar-refractivity contribution in [1.29, 1.82) is 0 Å². The van der Waals surface area contributed by atoms with Gasteiger partial charge in [0.1, 0.15) is 11.5 Å². The summed E-state index contributed by atoms with van der Waals surface area (Å²) in [6, 6.07) is 11.9. The lowest BCUT2D eigenvalue weighted by atomic mass is 10.0. The number of hydrogen-bond acceptors (Lipinski definition) is 8. The number of aromatic nitrogens is 2. The second kappa shape index (κ2) is 10.1. The van der Waals surface area contributed by atoms with Crippen molar-refractivity contribution in [1.82, 2.24) is 15.0 Å². The molecular formula is C29H28Cl2N4O3S. The fourth-order valence-electron chi connectivity index (χ4n) is 6.08. The van der Waals surface area contributed by atoms with Crippen LogP contribution < -0.4 is 4.90 Å². The standard InChI is InChI=1S/C29H28Cl2N4O3S/c1-2-37-28(36)17-8-11-23-24(12-17)39-29(32-23)35-18-9-10-19(35)14-34(13-18)15-20-26(33-38-27(20)16-6-7-16)25-21(30)4-3-5-22(25)31/h3-5,8,11-12,16,18-19H,2,6-7,9-10,13-15H2,1H3. The van der Waals surface area contributed by atoms with Crippen LogP contribution in [0.4, 0.5) is 5.13 Å². The quantitative estimate of drug-likeness (QED) is 0.214. The highest BCUT2D eigenvalue weighted by Crippen LogP contribution is 2.47. The van der Waals surface area contributed by atoms with E-state index in [4.69, 9.17) is 37.4 Å². The molecule has 2 unspecified atom stereocenters. The maximum atomic E-state index is 12.2. The van der Waals surface area contributed by atoms with E-state index < -0.39 is 0 Å². The summed E-state index contributed by atoms with van der Waals surface area (Å²) in [4.78, 5) is 22.2. The Balaban J connectivity index is 1.14. The van der Waals surface area contributed by atoms with Crippen molar-refractivity contribution in [3.63, 3.8) is 0 Å². The molecular weight excluding hydrogens is 555 g/mol. The largest absolute Gasteiger partial charge is 0.462 e. The molecule has 2 bridgehead atoms. The van der Waals surface area contributed by atoms with Gasteiger partial charge >= 0.3 is 5.97 Å². The highest BCUT2D eigenvalue weighted by molar-refractivity contribution is 7.22. The number of rotatable bonds is 7. The fourth-order valence-corrected chi connectivity index (χ4v) is 7.81. The van der Waals surface area contributed by atoms with Crippen LogP contribution >= 0.6 is 34.5 Å². The van der Waals surface area contributed by atoms with Crippen LogP contribution in [0.25, 0.3) is 21.5 Å². The van der Waals surface area contributed by atoms with E-state index in [1.54, 1.807) is 17.4 Å². The number of piperazine rings is 1. The number of anilines is 1. The molecule has 0 N–H and O–H groups in total. The van der Waals surface area contributed by atoms with E-state index in [1.807, 2.05) is 37.3 Å². The van der Waals surface area contributed by atoms with Gasteiger partial charge in [-0.15, -0.1) is 0 Å². The van der Waals surface area contributed by atoms with Gasteiger partial charge in [-0.1, -0.05) is 45.8 Å². The molecule has 0 radical (unpaired) electrons. The lowest BCUT2D eigenvalue weighted by Gasteiger charge is -2.41. The SMILES string of the molecule is CCOC(=O)c1ccc2nc(N3C4CCC3CN(Cc3c(-c5c(Cl)cccc5Cl)noc3C3CC3)C4)sc2c1. The number of carbonyl (C=O) groups is 1. The Kier molecular flexibility index (Phi) is 6.54. The molecule has 2 aromatic heterocycles. The third kappa shape index (κ3) is 4.61. The van der Waals surface area contributed by atoms with Crippen LogP contribution in [-0.4, -0.2) is 52.8 Å². The molecule has 3 fully saturated rings. The first-order valence-electron chi connectivity index (χ1n) is 13.5. The number of hydrogen-bond donors (Lipinski definition) is 0. The first-order valence-corrected chi connectivity index (χ1v) is 15.1. The second-order valence-electron chi connectivity index (χ2n) is 10.6. The molecule has 3 aliphatic rings. The monoisotopic (exact) mass is 582 g/mol. The van der Waals surface area contributed by atoms with Gasteiger partial charge in [0, 0.05) is 48.8 Å². The minimum absolute atomic E-state index is 0.292.